The van der Waals surface area contributed by atoms with Gasteiger partial charge in [-0.25, -0.2) is 4.79 Å². The Bertz CT molecular complexity index is 457. The highest BCUT2D eigenvalue weighted by molar-refractivity contribution is 9.10. The Morgan fingerprint density at radius 1 is 1.47 bits per heavy atom. The van der Waals surface area contributed by atoms with E-state index in [-0.39, 0.29) is 0 Å². The number of carboxylic acids is 1. The second-order valence-electron chi connectivity index (χ2n) is 4.96. The molecule has 1 aromatic carbocycles. The molecule has 1 fully saturated rings. The zero-order valence-corrected chi connectivity index (χ0v) is 12.6. The third-order valence-corrected chi connectivity index (χ3v) is 4.27. The van der Waals surface area contributed by atoms with Crippen LogP contribution >= 0.6 is 15.9 Å². The van der Waals surface area contributed by atoms with Gasteiger partial charge in [-0.3, -0.25) is 0 Å². The Labute approximate surface area is 121 Å². The third kappa shape index (κ3) is 3.28. The molecule has 0 saturated carbocycles. The minimum absolute atomic E-state index is 0.628. The van der Waals surface area contributed by atoms with Gasteiger partial charge in [0.2, 0.25) is 0 Å². The quantitative estimate of drug-likeness (QED) is 0.893. The second kappa shape index (κ2) is 5.92. The number of halogens is 1. The van der Waals surface area contributed by atoms with Crippen molar-refractivity contribution >= 4 is 27.6 Å². The van der Waals surface area contributed by atoms with Gasteiger partial charge in [0, 0.05) is 23.2 Å². The molecule has 0 amide bonds. The van der Waals surface area contributed by atoms with E-state index < -0.39 is 11.5 Å². The first-order chi connectivity index (χ1) is 9.05. The number of likely N-dealkylation sites (tertiary alicyclic amines) is 1. The van der Waals surface area contributed by atoms with Crippen LogP contribution in [0.15, 0.2) is 28.7 Å². The SMILES string of the molecule is CCN1CCC(Nc2cccc(Br)c2)(C(=O)O)CC1. The maximum absolute atomic E-state index is 11.7. The van der Waals surface area contributed by atoms with Crippen molar-refractivity contribution in [2.75, 3.05) is 25.0 Å². The van der Waals surface area contributed by atoms with Gasteiger partial charge in [0.15, 0.2) is 0 Å². The molecular formula is C14H19BrN2O2. The molecular weight excluding hydrogens is 308 g/mol. The topological polar surface area (TPSA) is 52.6 Å². The Kier molecular flexibility index (Phi) is 4.47. The van der Waals surface area contributed by atoms with Crippen LogP contribution in [-0.2, 0) is 4.79 Å². The van der Waals surface area contributed by atoms with Crippen molar-refractivity contribution in [1.82, 2.24) is 4.90 Å². The lowest BCUT2D eigenvalue weighted by molar-refractivity contribution is -0.144. The number of benzene rings is 1. The van der Waals surface area contributed by atoms with Crippen molar-refractivity contribution in [3.63, 3.8) is 0 Å². The van der Waals surface area contributed by atoms with Gasteiger partial charge in [0.25, 0.3) is 0 Å². The number of aliphatic carboxylic acids is 1. The third-order valence-electron chi connectivity index (χ3n) is 3.77. The summed E-state index contributed by atoms with van der Waals surface area (Å²) in [5, 5.41) is 12.8. The summed E-state index contributed by atoms with van der Waals surface area (Å²) in [6, 6.07) is 7.65. The average Bonchev–Trinajstić information content (AvgIpc) is 2.39. The van der Waals surface area contributed by atoms with Gasteiger partial charge < -0.3 is 15.3 Å². The Hall–Kier alpha value is -1.07. The highest BCUT2D eigenvalue weighted by Crippen LogP contribution is 2.28. The molecule has 1 heterocycles. The molecule has 5 heteroatoms. The molecule has 0 unspecified atom stereocenters. The van der Waals surface area contributed by atoms with E-state index >= 15 is 0 Å². The standard InChI is InChI=1S/C14H19BrN2O2/c1-2-17-8-6-14(7-9-17,13(18)19)16-12-5-3-4-11(15)10-12/h3-5,10,16H,2,6-9H2,1H3,(H,18,19). The number of hydrogen-bond acceptors (Lipinski definition) is 3. The molecule has 1 saturated heterocycles. The van der Waals surface area contributed by atoms with Gasteiger partial charge >= 0.3 is 5.97 Å². The summed E-state index contributed by atoms with van der Waals surface area (Å²) in [5.41, 5.74) is 0.00801. The van der Waals surface area contributed by atoms with Crippen LogP contribution in [0.25, 0.3) is 0 Å². The first kappa shape index (κ1) is 14.3. The normalized spacial score (nSPS) is 19.1. The van der Waals surface area contributed by atoms with Crippen molar-refractivity contribution < 1.29 is 9.90 Å². The van der Waals surface area contributed by atoms with Crippen molar-refractivity contribution in [3.8, 4) is 0 Å². The lowest BCUT2D eigenvalue weighted by atomic mass is 9.87. The molecule has 0 radical (unpaired) electrons. The van der Waals surface area contributed by atoms with E-state index in [2.05, 4.69) is 33.1 Å². The Morgan fingerprint density at radius 3 is 2.68 bits per heavy atom. The summed E-state index contributed by atoms with van der Waals surface area (Å²) >= 11 is 3.41. The minimum Gasteiger partial charge on any atom is -0.480 e. The van der Waals surface area contributed by atoms with Crippen molar-refractivity contribution in [3.05, 3.63) is 28.7 Å². The summed E-state index contributed by atoms with van der Waals surface area (Å²) in [6.07, 6.45) is 1.26. The smallest absolute Gasteiger partial charge is 0.329 e. The van der Waals surface area contributed by atoms with E-state index in [1.165, 1.54) is 0 Å². The molecule has 0 spiro atoms. The van der Waals surface area contributed by atoms with E-state index in [1.807, 2.05) is 24.3 Å². The number of hydrogen-bond donors (Lipinski definition) is 2. The monoisotopic (exact) mass is 326 g/mol. The summed E-state index contributed by atoms with van der Waals surface area (Å²) in [5.74, 6) is -0.761. The fourth-order valence-corrected chi connectivity index (χ4v) is 2.89. The molecule has 4 nitrogen and oxygen atoms in total. The fraction of sp³-hybridized carbons (Fsp3) is 0.500. The molecule has 0 aliphatic carbocycles. The second-order valence-corrected chi connectivity index (χ2v) is 5.87. The Morgan fingerprint density at radius 2 is 2.16 bits per heavy atom. The minimum atomic E-state index is -0.841. The van der Waals surface area contributed by atoms with E-state index in [1.54, 1.807) is 0 Å². The molecule has 0 atom stereocenters. The average molecular weight is 327 g/mol. The number of nitrogens with zero attached hydrogens (tertiary/aromatic N) is 1. The molecule has 1 aromatic rings. The summed E-state index contributed by atoms with van der Waals surface area (Å²) in [7, 11) is 0. The summed E-state index contributed by atoms with van der Waals surface area (Å²) < 4.78 is 0.948. The highest BCUT2D eigenvalue weighted by atomic mass is 79.9. The zero-order chi connectivity index (χ0) is 13.9. The Balaban J connectivity index is 2.15. The van der Waals surface area contributed by atoms with Gasteiger partial charge in [-0.05, 0) is 37.6 Å². The highest BCUT2D eigenvalue weighted by Gasteiger charge is 2.41. The van der Waals surface area contributed by atoms with Crippen LogP contribution in [0.3, 0.4) is 0 Å². The lowest BCUT2D eigenvalue weighted by Crippen LogP contribution is -2.54. The predicted octanol–water partition coefficient (Wildman–Crippen LogP) is 2.80. The van der Waals surface area contributed by atoms with Gasteiger partial charge in [-0.2, -0.15) is 0 Å². The first-order valence-corrected chi connectivity index (χ1v) is 7.34. The number of rotatable bonds is 4. The molecule has 2 N–H and O–H groups in total. The predicted molar refractivity (Wildman–Crippen MR) is 79.5 cm³/mol. The van der Waals surface area contributed by atoms with Crippen LogP contribution in [0.2, 0.25) is 0 Å². The van der Waals surface area contributed by atoms with Crippen molar-refractivity contribution in [2.24, 2.45) is 0 Å². The number of carbonyl (C=O) groups is 1. The van der Waals surface area contributed by atoms with Gasteiger partial charge in [-0.1, -0.05) is 28.9 Å². The molecule has 1 aliphatic heterocycles. The molecule has 1 aliphatic rings. The number of nitrogens with one attached hydrogen (secondary N) is 1. The van der Waals surface area contributed by atoms with E-state index in [0.29, 0.717) is 12.8 Å². The fourth-order valence-electron chi connectivity index (χ4n) is 2.49. The van der Waals surface area contributed by atoms with Crippen molar-refractivity contribution in [1.29, 1.82) is 0 Å². The number of anilines is 1. The number of piperidine rings is 1. The maximum Gasteiger partial charge on any atom is 0.329 e. The van der Waals surface area contributed by atoms with Crippen LogP contribution < -0.4 is 5.32 Å². The van der Waals surface area contributed by atoms with Gasteiger partial charge in [-0.15, -0.1) is 0 Å². The van der Waals surface area contributed by atoms with Crippen molar-refractivity contribution in [2.45, 2.75) is 25.3 Å². The molecule has 2 rings (SSSR count). The van der Waals surface area contributed by atoms with Crippen LogP contribution in [0.4, 0.5) is 5.69 Å². The first-order valence-electron chi connectivity index (χ1n) is 6.55. The van der Waals surface area contributed by atoms with Crippen LogP contribution in [0.1, 0.15) is 19.8 Å². The van der Waals surface area contributed by atoms with Gasteiger partial charge in [0.1, 0.15) is 5.54 Å². The van der Waals surface area contributed by atoms with E-state index in [4.69, 9.17) is 0 Å². The zero-order valence-electron chi connectivity index (χ0n) is 11.0. The molecule has 0 aromatic heterocycles. The van der Waals surface area contributed by atoms with Crippen LogP contribution in [0, 0.1) is 0 Å². The molecule has 19 heavy (non-hydrogen) atoms. The lowest BCUT2D eigenvalue weighted by Gasteiger charge is -2.39. The van der Waals surface area contributed by atoms with E-state index in [0.717, 1.165) is 29.8 Å². The molecule has 0 bridgehead atoms. The summed E-state index contributed by atoms with van der Waals surface area (Å²) in [6.45, 7) is 4.73. The maximum atomic E-state index is 11.7. The molecule has 104 valence electrons. The largest absolute Gasteiger partial charge is 0.480 e. The summed E-state index contributed by atoms with van der Waals surface area (Å²) in [4.78, 5) is 13.9. The van der Waals surface area contributed by atoms with Crippen LogP contribution in [0.5, 0.6) is 0 Å². The number of carboxylic acid groups (broad SMARTS) is 1. The van der Waals surface area contributed by atoms with E-state index in [9.17, 15) is 9.90 Å². The van der Waals surface area contributed by atoms with Gasteiger partial charge in [0.05, 0.1) is 0 Å². The van der Waals surface area contributed by atoms with Crippen LogP contribution in [-0.4, -0.2) is 41.1 Å².